The Labute approximate surface area is 156 Å². The van der Waals surface area contributed by atoms with Crippen LogP contribution >= 0.6 is 0 Å². The summed E-state index contributed by atoms with van der Waals surface area (Å²) in [7, 11) is 0. The molecule has 1 saturated heterocycles. The highest BCUT2D eigenvalue weighted by Gasteiger charge is 2.23. The van der Waals surface area contributed by atoms with E-state index in [1.807, 2.05) is 0 Å². The van der Waals surface area contributed by atoms with Crippen molar-refractivity contribution in [3.05, 3.63) is 59.5 Å². The fraction of sp³-hybridized carbons (Fsp3) is 0.368. The lowest BCUT2D eigenvalue weighted by molar-refractivity contribution is 0.0925. The van der Waals surface area contributed by atoms with E-state index in [4.69, 9.17) is 0 Å². The predicted molar refractivity (Wildman–Crippen MR) is 97.7 cm³/mol. The first-order chi connectivity index (χ1) is 13.2. The van der Waals surface area contributed by atoms with E-state index in [9.17, 15) is 9.18 Å². The summed E-state index contributed by atoms with van der Waals surface area (Å²) in [5, 5.41) is 14.3. The Bertz CT molecular complexity index is 919. The lowest BCUT2D eigenvalue weighted by Gasteiger charge is -2.35. The van der Waals surface area contributed by atoms with Crippen LogP contribution in [0, 0.1) is 5.82 Å². The third-order valence-corrected chi connectivity index (χ3v) is 5.01. The second-order valence-electron chi connectivity index (χ2n) is 6.74. The number of halogens is 1. The maximum absolute atomic E-state index is 13.3. The van der Waals surface area contributed by atoms with Gasteiger partial charge in [-0.05, 0) is 66.2 Å². The van der Waals surface area contributed by atoms with Gasteiger partial charge in [0, 0.05) is 12.7 Å². The van der Waals surface area contributed by atoms with Gasteiger partial charge in [0.2, 0.25) is 0 Å². The molecule has 140 valence electrons. The first kappa shape index (κ1) is 17.5. The molecule has 3 aromatic rings. The number of rotatable bonds is 5. The Morgan fingerprint density at radius 1 is 1.15 bits per heavy atom. The van der Waals surface area contributed by atoms with Crippen LogP contribution in [0.3, 0.4) is 0 Å². The minimum Gasteiger partial charge on any atom is -0.350 e. The number of piperidine rings is 1. The van der Waals surface area contributed by atoms with Crippen LogP contribution in [0.2, 0.25) is 0 Å². The number of hydrogen-bond acceptors (Lipinski definition) is 5. The number of carbonyl (C=O) groups is 1. The maximum atomic E-state index is 13.3. The molecular formula is C19H21FN6O. The van der Waals surface area contributed by atoms with Crippen LogP contribution in [0.25, 0.3) is 5.65 Å². The Morgan fingerprint density at radius 2 is 1.93 bits per heavy atom. The zero-order chi connectivity index (χ0) is 18.6. The number of nitrogens with zero attached hydrogens (tertiary/aromatic N) is 5. The quantitative estimate of drug-likeness (QED) is 0.747. The number of hydrogen-bond donors (Lipinski definition) is 1. The van der Waals surface area contributed by atoms with E-state index in [1.165, 1.54) is 23.1 Å². The number of fused-ring (bicyclic) bond motifs is 1. The van der Waals surface area contributed by atoms with Gasteiger partial charge in [0.15, 0.2) is 5.65 Å². The van der Waals surface area contributed by atoms with Gasteiger partial charge in [-0.1, -0.05) is 18.6 Å². The van der Waals surface area contributed by atoms with E-state index in [0.717, 1.165) is 31.5 Å². The molecule has 0 radical (unpaired) electrons. The van der Waals surface area contributed by atoms with Gasteiger partial charge in [-0.15, -0.1) is 5.10 Å². The SMILES string of the molecule is O=C(NC[C@H](c1ccc(F)cc1)N1CCCCC1)c1cccn2nnnc12. The van der Waals surface area contributed by atoms with Crippen LogP contribution in [0.1, 0.15) is 41.2 Å². The number of carbonyl (C=O) groups excluding carboxylic acids is 1. The van der Waals surface area contributed by atoms with Crippen molar-refractivity contribution in [1.82, 2.24) is 30.3 Å². The Balaban J connectivity index is 1.53. The summed E-state index contributed by atoms with van der Waals surface area (Å²) >= 11 is 0. The molecule has 3 heterocycles. The van der Waals surface area contributed by atoms with Gasteiger partial charge in [0.1, 0.15) is 5.82 Å². The summed E-state index contributed by atoms with van der Waals surface area (Å²) < 4.78 is 14.8. The lowest BCUT2D eigenvalue weighted by Crippen LogP contribution is -2.40. The van der Waals surface area contributed by atoms with Crippen LogP contribution in [0.5, 0.6) is 0 Å². The van der Waals surface area contributed by atoms with Crippen LogP contribution < -0.4 is 5.32 Å². The zero-order valence-corrected chi connectivity index (χ0v) is 14.9. The average molecular weight is 368 g/mol. The smallest absolute Gasteiger partial charge is 0.255 e. The first-order valence-electron chi connectivity index (χ1n) is 9.17. The Kier molecular flexibility index (Phi) is 5.06. The van der Waals surface area contributed by atoms with Crippen LogP contribution in [0.4, 0.5) is 4.39 Å². The third-order valence-electron chi connectivity index (χ3n) is 5.01. The van der Waals surface area contributed by atoms with E-state index < -0.39 is 0 Å². The van der Waals surface area contributed by atoms with E-state index in [0.29, 0.717) is 17.8 Å². The summed E-state index contributed by atoms with van der Waals surface area (Å²) in [5.41, 5.74) is 1.85. The van der Waals surface area contributed by atoms with E-state index in [-0.39, 0.29) is 17.8 Å². The first-order valence-corrected chi connectivity index (χ1v) is 9.17. The van der Waals surface area contributed by atoms with Gasteiger partial charge < -0.3 is 5.32 Å². The number of likely N-dealkylation sites (tertiary alicyclic amines) is 1. The lowest BCUT2D eigenvalue weighted by atomic mass is 10.0. The summed E-state index contributed by atoms with van der Waals surface area (Å²) in [6, 6.07) is 9.97. The molecular weight excluding hydrogens is 347 g/mol. The molecule has 27 heavy (non-hydrogen) atoms. The van der Waals surface area contributed by atoms with Crippen LogP contribution in [-0.4, -0.2) is 50.5 Å². The van der Waals surface area contributed by atoms with Crippen LogP contribution in [-0.2, 0) is 0 Å². The highest BCUT2D eigenvalue weighted by atomic mass is 19.1. The molecule has 0 aliphatic carbocycles. The zero-order valence-electron chi connectivity index (χ0n) is 14.9. The highest BCUT2D eigenvalue weighted by Crippen LogP contribution is 2.24. The Hall–Kier alpha value is -2.87. The maximum Gasteiger partial charge on any atom is 0.255 e. The molecule has 2 aromatic heterocycles. The highest BCUT2D eigenvalue weighted by molar-refractivity contribution is 5.99. The Morgan fingerprint density at radius 3 is 2.70 bits per heavy atom. The van der Waals surface area contributed by atoms with Gasteiger partial charge in [0.25, 0.3) is 5.91 Å². The monoisotopic (exact) mass is 368 g/mol. The van der Waals surface area contributed by atoms with Crippen molar-refractivity contribution in [3.63, 3.8) is 0 Å². The molecule has 0 spiro atoms. The minimum atomic E-state index is -0.258. The van der Waals surface area contributed by atoms with Crippen molar-refractivity contribution >= 4 is 11.6 Å². The number of tetrazole rings is 1. The van der Waals surface area contributed by atoms with Crippen molar-refractivity contribution < 1.29 is 9.18 Å². The molecule has 7 nitrogen and oxygen atoms in total. The second-order valence-corrected chi connectivity index (χ2v) is 6.74. The topological polar surface area (TPSA) is 75.4 Å². The molecule has 4 rings (SSSR count). The van der Waals surface area contributed by atoms with Gasteiger partial charge in [-0.3, -0.25) is 9.69 Å². The van der Waals surface area contributed by atoms with E-state index in [2.05, 4.69) is 25.7 Å². The average Bonchev–Trinajstić information content (AvgIpc) is 3.19. The fourth-order valence-corrected chi connectivity index (χ4v) is 3.60. The number of aromatic nitrogens is 4. The van der Waals surface area contributed by atoms with Crippen molar-refractivity contribution in [2.75, 3.05) is 19.6 Å². The van der Waals surface area contributed by atoms with Crippen molar-refractivity contribution in [1.29, 1.82) is 0 Å². The molecule has 8 heteroatoms. The molecule has 0 saturated carbocycles. The van der Waals surface area contributed by atoms with Crippen LogP contribution in [0.15, 0.2) is 42.6 Å². The van der Waals surface area contributed by atoms with Gasteiger partial charge in [-0.2, -0.15) is 4.52 Å². The number of benzene rings is 1. The third kappa shape index (κ3) is 3.80. The molecule has 1 amide bonds. The molecule has 1 aliphatic heterocycles. The van der Waals surface area contributed by atoms with E-state index in [1.54, 1.807) is 30.5 Å². The molecule has 1 fully saturated rings. The standard InChI is InChI=1S/C19H21FN6O/c20-15-8-6-14(7-9-15)17(25-10-2-1-3-11-25)13-21-19(27)16-5-4-12-26-18(16)22-23-24-26/h4-9,12,17H,1-3,10-11,13H2,(H,21,27)/t17-/m1/s1. The molecule has 1 aliphatic rings. The van der Waals surface area contributed by atoms with Gasteiger partial charge >= 0.3 is 0 Å². The van der Waals surface area contributed by atoms with Crippen molar-refractivity contribution in [3.8, 4) is 0 Å². The molecule has 1 aromatic carbocycles. The van der Waals surface area contributed by atoms with Gasteiger partial charge in [0.05, 0.1) is 11.6 Å². The van der Waals surface area contributed by atoms with Crippen molar-refractivity contribution in [2.24, 2.45) is 0 Å². The molecule has 0 unspecified atom stereocenters. The number of pyridine rings is 1. The number of nitrogens with one attached hydrogen (secondary N) is 1. The normalized spacial score (nSPS) is 16.3. The number of amides is 1. The van der Waals surface area contributed by atoms with Gasteiger partial charge in [-0.25, -0.2) is 4.39 Å². The summed E-state index contributed by atoms with van der Waals surface area (Å²) in [6.07, 6.45) is 5.19. The fourth-order valence-electron chi connectivity index (χ4n) is 3.60. The second kappa shape index (κ2) is 7.79. The molecule has 1 atom stereocenters. The molecule has 1 N–H and O–H groups in total. The predicted octanol–water partition coefficient (Wildman–Crippen LogP) is 2.22. The summed E-state index contributed by atoms with van der Waals surface area (Å²) in [6.45, 7) is 2.39. The van der Waals surface area contributed by atoms with Crippen molar-refractivity contribution in [2.45, 2.75) is 25.3 Å². The van der Waals surface area contributed by atoms with E-state index >= 15 is 0 Å². The largest absolute Gasteiger partial charge is 0.350 e. The molecule has 0 bridgehead atoms. The summed E-state index contributed by atoms with van der Waals surface area (Å²) in [4.78, 5) is 15.1. The summed E-state index contributed by atoms with van der Waals surface area (Å²) in [5.74, 6) is -0.481. The minimum absolute atomic E-state index is 0.00516.